The Balaban J connectivity index is 2.06. The number of methoxy groups -OCH3 is 1. The number of hydrogen-bond acceptors (Lipinski definition) is 4. The van der Waals surface area contributed by atoms with Crippen LogP contribution in [0, 0.1) is 0 Å². The van der Waals surface area contributed by atoms with Crippen LogP contribution in [0.4, 0.5) is 0 Å². The minimum absolute atomic E-state index is 0.164. The van der Waals surface area contributed by atoms with Gasteiger partial charge in [0, 0.05) is 24.3 Å². The Kier molecular flexibility index (Phi) is 4.33. The SMILES string of the molecule is COc1cccc(Cc2nc(CC(C)N)cs2)c1. The fourth-order valence-electron chi connectivity index (χ4n) is 1.81. The Morgan fingerprint density at radius 3 is 3.00 bits per heavy atom. The minimum atomic E-state index is 0.164. The first-order chi connectivity index (χ1) is 8.67. The molecule has 0 saturated carbocycles. The van der Waals surface area contributed by atoms with Crippen LogP contribution in [0.3, 0.4) is 0 Å². The molecule has 0 amide bonds. The topological polar surface area (TPSA) is 48.1 Å². The highest BCUT2D eigenvalue weighted by molar-refractivity contribution is 7.09. The number of hydrogen-bond donors (Lipinski definition) is 1. The maximum absolute atomic E-state index is 5.77. The van der Waals surface area contributed by atoms with E-state index in [2.05, 4.69) is 16.4 Å². The predicted octanol–water partition coefficient (Wildman–Crippen LogP) is 2.63. The number of nitrogens with two attached hydrogens (primary N) is 1. The van der Waals surface area contributed by atoms with Gasteiger partial charge in [0.1, 0.15) is 5.75 Å². The van der Waals surface area contributed by atoms with Gasteiger partial charge in [0.15, 0.2) is 0 Å². The minimum Gasteiger partial charge on any atom is -0.497 e. The van der Waals surface area contributed by atoms with Crippen LogP contribution in [0.15, 0.2) is 29.6 Å². The molecule has 4 heteroatoms. The molecular formula is C14H18N2OS. The molecule has 1 aromatic heterocycles. The van der Waals surface area contributed by atoms with Crippen LogP contribution < -0.4 is 10.5 Å². The van der Waals surface area contributed by atoms with Crippen molar-refractivity contribution in [3.8, 4) is 5.75 Å². The first-order valence-electron chi connectivity index (χ1n) is 5.99. The third-order valence-corrected chi connectivity index (χ3v) is 3.52. The van der Waals surface area contributed by atoms with Crippen molar-refractivity contribution in [1.29, 1.82) is 0 Å². The van der Waals surface area contributed by atoms with Gasteiger partial charge in [0.25, 0.3) is 0 Å². The van der Waals surface area contributed by atoms with Gasteiger partial charge in [0.05, 0.1) is 17.8 Å². The molecule has 0 spiro atoms. The number of rotatable bonds is 5. The molecule has 0 saturated heterocycles. The molecule has 96 valence electrons. The van der Waals surface area contributed by atoms with Crippen molar-refractivity contribution in [2.45, 2.75) is 25.8 Å². The highest BCUT2D eigenvalue weighted by Crippen LogP contribution is 2.19. The summed E-state index contributed by atoms with van der Waals surface area (Å²) in [4.78, 5) is 4.60. The monoisotopic (exact) mass is 262 g/mol. The van der Waals surface area contributed by atoms with E-state index in [0.29, 0.717) is 0 Å². The standard InChI is InChI=1S/C14H18N2OS/c1-10(15)6-12-9-18-14(16-12)8-11-4-3-5-13(7-11)17-2/h3-5,7,9-10H,6,8,15H2,1-2H3. The number of thiazole rings is 1. The second-order valence-corrected chi connectivity index (χ2v) is 5.38. The highest BCUT2D eigenvalue weighted by atomic mass is 32.1. The molecular weight excluding hydrogens is 244 g/mol. The zero-order valence-electron chi connectivity index (χ0n) is 10.7. The molecule has 2 N–H and O–H groups in total. The second kappa shape index (κ2) is 5.98. The molecule has 3 nitrogen and oxygen atoms in total. The molecule has 0 aliphatic rings. The summed E-state index contributed by atoms with van der Waals surface area (Å²) in [7, 11) is 1.68. The molecule has 18 heavy (non-hydrogen) atoms. The average molecular weight is 262 g/mol. The smallest absolute Gasteiger partial charge is 0.119 e. The van der Waals surface area contributed by atoms with Crippen LogP contribution in [-0.4, -0.2) is 18.1 Å². The van der Waals surface area contributed by atoms with Crippen molar-refractivity contribution in [2.75, 3.05) is 7.11 Å². The number of aromatic nitrogens is 1. The number of nitrogens with zero attached hydrogens (tertiary/aromatic N) is 1. The van der Waals surface area contributed by atoms with Gasteiger partial charge in [-0.15, -0.1) is 11.3 Å². The Bertz CT molecular complexity index is 508. The summed E-state index contributed by atoms with van der Waals surface area (Å²) >= 11 is 1.69. The van der Waals surface area contributed by atoms with Gasteiger partial charge >= 0.3 is 0 Å². The second-order valence-electron chi connectivity index (χ2n) is 4.44. The summed E-state index contributed by atoms with van der Waals surface area (Å²) in [6.07, 6.45) is 1.69. The lowest BCUT2D eigenvalue weighted by atomic mass is 10.1. The van der Waals surface area contributed by atoms with Gasteiger partial charge in [-0.05, 0) is 24.6 Å². The largest absolute Gasteiger partial charge is 0.497 e. The third-order valence-electron chi connectivity index (χ3n) is 2.62. The zero-order valence-corrected chi connectivity index (χ0v) is 11.5. The summed E-state index contributed by atoms with van der Waals surface area (Å²) in [5, 5.41) is 3.22. The quantitative estimate of drug-likeness (QED) is 0.901. The maximum Gasteiger partial charge on any atom is 0.119 e. The summed E-state index contributed by atoms with van der Waals surface area (Å²) in [6.45, 7) is 2.00. The third kappa shape index (κ3) is 3.55. The summed E-state index contributed by atoms with van der Waals surface area (Å²) in [6, 6.07) is 8.26. The van der Waals surface area contributed by atoms with Gasteiger partial charge in [-0.3, -0.25) is 0 Å². The lowest BCUT2D eigenvalue weighted by molar-refractivity contribution is 0.414. The van der Waals surface area contributed by atoms with E-state index in [-0.39, 0.29) is 6.04 Å². The Hall–Kier alpha value is -1.39. The molecule has 0 aliphatic heterocycles. The molecule has 0 fully saturated rings. The fraction of sp³-hybridized carbons (Fsp3) is 0.357. The van der Waals surface area contributed by atoms with Crippen LogP contribution in [0.1, 0.15) is 23.2 Å². The zero-order chi connectivity index (χ0) is 13.0. The van der Waals surface area contributed by atoms with Crippen LogP contribution in [0.2, 0.25) is 0 Å². The van der Waals surface area contributed by atoms with Crippen molar-refractivity contribution >= 4 is 11.3 Å². The van der Waals surface area contributed by atoms with Crippen LogP contribution in [0.5, 0.6) is 5.75 Å². The Labute approximate surface area is 112 Å². The van der Waals surface area contributed by atoms with E-state index in [1.807, 2.05) is 25.1 Å². The van der Waals surface area contributed by atoms with Crippen LogP contribution in [-0.2, 0) is 12.8 Å². The molecule has 0 aliphatic carbocycles. The summed E-state index contributed by atoms with van der Waals surface area (Å²) < 4.78 is 5.22. The van der Waals surface area contributed by atoms with Crippen molar-refractivity contribution in [3.63, 3.8) is 0 Å². The van der Waals surface area contributed by atoms with Crippen molar-refractivity contribution in [2.24, 2.45) is 5.73 Å². The van der Waals surface area contributed by atoms with Crippen molar-refractivity contribution in [1.82, 2.24) is 4.98 Å². The Morgan fingerprint density at radius 2 is 2.28 bits per heavy atom. The number of ether oxygens (including phenoxy) is 1. The first-order valence-corrected chi connectivity index (χ1v) is 6.87. The molecule has 1 unspecified atom stereocenters. The normalized spacial score (nSPS) is 12.4. The molecule has 0 radical (unpaired) electrons. The van der Waals surface area contributed by atoms with E-state index >= 15 is 0 Å². The summed E-state index contributed by atoms with van der Waals surface area (Å²) in [5.74, 6) is 0.889. The molecule has 1 aromatic carbocycles. The van der Waals surface area contributed by atoms with Gasteiger partial charge in [-0.25, -0.2) is 4.98 Å². The molecule has 1 atom stereocenters. The van der Waals surface area contributed by atoms with Crippen LogP contribution >= 0.6 is 11.3 Å². The fourth-order valence-corrected chi connectivity index (χ4v) is 2.65. The van der Waals surface area contributed by atoms with Crippen LogP contribution in [0.25, 0.3) is 0 Å². The van der Waals surface area contributed by atoms with Gasteiger partial charge < -0.3 is 10.5 Å². The van der Waals surface area contributed by atoms with E-state index < -0.39 is 0 Å². The molecule has 1 heterocycles. The summed E-state index contributed by atoms with van der Waals surface area (Å²) in [5.41, 5.74) is 8.08. The van der Waals surface area contributed by atoms with Gasteiger partial charge in [-0.1, -0.05) is 12.1 Å². The van der Waals surface area contributed by atoms with Gasteiger partial charge in [-0.2, -0.15) is 0 Å². The van der Waals surface area contributed by atoms with E-state index in [4.69, 9.17) is 10.5 Å². The van der Waals surface area contributed by atoms with E-state index in [9.17, 15) is 0 Å². The molecule has 2 rings (SSSR count). The molecule has 2 aromatic rings. The van der Waals surface area contributed by atoms with Gasteiger partial charge in [0.2, 0.25) is 0 Å². The van der Waals surface area contributed by atoms with Crippen molar-refractivity contribution < 1.29 is 4.74 Å². The van der Waals surface area contributed by atoms with Crippen molar-refractivity contribution in [3.05, 3.63) is 45.9 Å². The van der Waals surface area contributed by atoms with E-state index in [0.717, 1.165) is 29.3 Å². The number of benzene rings is 1. The average Bonchev–Trinajstić information content (AvgIpc) is 2.76. The predicted molar refractivity (Wildman–Crippen MR) is 75.3 cm³/mol. The van der Waals surface area contributed by atoms with E-state index in [1.54, 1.807) is 18.4 Å². The molecule has 0 bridgehead atoms. The van der Waals surface area contributed by atoms with E-state index in [1.165, 1.54) is 5.56 Å². The Morgan fingerprint density at radius 1 is 1.44 bits per heavy atom. The first kappa shape index (κ1) is 13.1. The highest BCUT2D eigenvalue weighted by Gasteiger charge is 2.05. The maximum atomic E-state index is 5.77. The lowest BCUT2D eigenvalue weighted by Crippen LogP contribution is -2.17. The lowest BCUT2D eigenvalue weighted by Gasteiger charge is -2.02.